The molecule has 12 aromatic rings. The first-order valence-corrected chi connectivity index (χ1v) is 21.0. The monoisotopic (exact) mass is 802 g/mol. The van der Waals surface area contributed by atoms with Crippen LogP contribution in [0, 0.1) is 11.3 Å². The lowest BCUT2D eigenvalue weighted by molar-refractivity contribution is 0.673. The fourth-order valence-electron chi connectivity index (χ4n) is 9.02. The van der Waals surface area contributed by atoms with Crippen molar-refractivity contribution >= 4 is 54.3 Å². The van der Waals surface area contributed by atoms with Crippen molar-refractivity contribution in [2.24, 2.45) is 0 Å². The standard InChI is InChI=1S/C58H34N4O/c59-35-46-16-7-8-19-47(46)44-27-29-48-49-28-26-43(33-52(49)55-54(51(48)34-44)50-20-9-10-21-53(50)63-55)42-25-24-40-30-39(22-23-41(40)31-42)38-17-11-18-45(32-38)58-61-56(36-12-3-1-4-13-36)60-57(62-58)37-14-5-2-6-15-37/h1-34H. The van der Waals surface area contributed by atoms with Crippen LogP contribution in [0.25, 0.3) is 122 Å². The molecule has 0 aliphatic heterocycles. The number of hydrogen-bond donors (Lipinski definition) is 0. The zero-order valence-corrected chi connectivity index (χ0v) is 33.8. The van der Waals surface area contributed by atoms with E-state index in [1.807, 2.05) is 97.1 Å². The fourth-order valence-corrected chi connectivity index (χ4v) is 9.02. The molecule has 0 bridgehead atoms. The molecular weight excluding hydrogens is 769 g/mol. The summed E-state index contributed by atoms with van der Waals surface area (Å²) in [5.41, 5.74) is 11.5. The molecule has 292 valence electrons. The van der Waals surface area contributed by atoms with Gasteiger partial charge in [0.2, 0.25) is 0 Å². The number of aromatic nitrogens is 3. The van der Waals surface area contributed by atoms with Crippen LogP contribution in [-0.2, 0) is 0 Å². The molecule has 0 aliphatic carbocycles. The van der Waals surface area contributed by atoms with Crippen LogP contribution in [0.1, 0.15) is 5.56 Å². The Kier molecular flexibility index (Phi) is 8.48. The summed E-state index contributed by atoms with van der Waals surface area (Å²) >= 11 is 0. The van der Waals surface area contributed by atoms with Gasteiger partial charge < -0.3 is 4.42 Å². The van der Waals surface area contributed by atoms with Crippen LogP contribution in [0.5, 0.6) is 0 Å². The predicted octanol–water partition coefficient (Wildman–Crippen LogP) is 15.1. The van der Waals surface area contributed by atoms with Gasteiger partial charge in [-0.25, -0.2) is 15.0 Å². The zero-order valence-electron chi connectivity index (χ0n) is 33.8. The molecule has 2 heterocycles. The average molecular weight is 803 g/mol. The summed E-state index contributed by atoms with van der Waals surface area (Å²) in [5, 5.41) is 18.8. The van der Waals surface area contributed by atoms with Gasteiger partial charge in [-0.05, 0) is 103 Å². The third-order valence-corrected chi connectivity index (χ3v) is 12.1. The zero-order chi connectivity index (χ0) is 41.9. The highest BCUT2D eigenvalue weighted by Crippen LogP contribution is 2.44. The van der Waals surface area contributed by atoms with E-state index in [-0.39, 0.29) is 0 Å². The predicted molar refractivity (Wildman–Crippen MR) is 257 cm³/mol. The van der Waals surface area contributed by atoms with Crippen molar-refractivity contribution < 1.29 is 4.42 Å². The van der Waals surface area contributed by atoms with Gasteiger partial charge in [0.25, 0.3) is 0 Å². The first-order chi connectivity index (χ1) is 31.1. The number of nitrogens with zero attached hydrogens (tertiary/aromatic N) is 4. The lowest BCUT2D eigenvalue weighted by Crippen LogP contribution is -2.00. The Morgan fingerprint density at radius 2 is 0.857 bits per heavy atom. The van der Waals surface area contributed by atoms with Gasteiger partial charge >= 0.3 is 0 Å². The third-order valence-electron chi connectivity index (χ3n) is 12.1. The van der Waals surface area contributed by atoms with Gasteiger partial charge in [0, 0.05) is 32.8 Å². The molecule has 0 atom stereocenters. The van der Waals surface area contributed by atoms with Gasteiger partial charge in [-0.2, -0.15) is 5.26 Å². The summed E-state index contributed by atoms with van der Waals surface area (Å²) in [6.45, 7) is 0. The quantitative estimate of drug-likeness (QED) is 0.157. The molecule has 0 spiro atoms. The second-order valence-electron chi connectivity index (χ2n) is 15.9. The Hall–Kier alpha value is -8.72. The topological polar surface area (TPSA) is 75.6 Å². The number of benzene rings is 10. The molecule has 12 rings (SSSR count). The van der Waals surface area contributed by atoms with E-state index >= 15 is 0 Å². The number of para-hydroxylation sites is 1. The fraction of sp³-hybridized carbons (Fsp3) is 0. The van der Waals surface area contributed by atoms with Crippen LogP contribution in [0.15, 0.2) is 211 Å². The van der Waals surface area contributed by atoms with Gasteiger partial charge in [0.1, 0.15) is 11.2 Å². The van der Waals surface area contributed by atoms with Gasteiger partial charge in [-0.15, -0.1) is 0 Å². The van der Waals surface area contributed by atoms with E-state index in [1.165, 1.54) is 0 Å². The Balaban J connectivity index is 0.925. The van der Waals surface area contributed by atoms with E-state index in [0.29, 0.717) is 23.0 Å². The van der Waals surface area contributed by atoms with E-state index in [4.69, 9.17) is 19.4 Å². The van der Waals surface area contributed by atoms with E-state index in [2.05, 4.69) is 115 Å². The maximum Gasteiger partial charge on any atom is 0.164 e. The molecule has 0 aliphatic rings. The van der Waals surface area contributed by atoms with Crippen LogP contribution in [0.3, 0.4) is 0 Å². The Morgan fingerprint density at radius 1 is 0.349 bits per heavy atom. The molecular formula is C58H34N4O. The molecule has 0 amide bonds. The van der Waals surface area contributed by atoms with Gasteiger partial charge in [0.05, 0.1) is 11.6 Å². The van der Waals surface area contributed by atoms with Crippen molar-refractivity contribution in [1.82, 2.24) is 15.0 Å². The van der Waals surface area contributed by atoms with Gasteiger partial charge in [-0.1, -0.05) is 164 Å². The maximum atomic E-state index is 9.90. The van der Waals surface area contributed by atoms with Crippen molar-refractivity contribution in [2.45, 2.75) is 0 Å². The molecule has 0 radical (unpaired) electrons. The minimum Gasteiger partial charge on any atom is -0.455 e. The summed E-state index contributed by atoms with van der Waals surface area (Å²) in [4.78, 5) is 14.8. The highest BCUT2D eigenvalue weighted by Gasteiger charge is 2.19. The summed E-state index contributed by atoms with van der Waals surface area (Å²) in [6, 6.07) is 73.6. The number of furan rings is 1. The number of rotatable bonds is 6. The molecule has 0 unspecified atom stereocenters. The second-order valence-corrected chi connectivity index (χ2v) is 15.9. The first kappa shape index (κ1) is 36.2. The third kappa shape index (κ3) is 6.29. The minimum absolute atomic E-state index is 0.629. The lowest BCUT2D eigenvalue weighted by Gasteiger charge is -2.12. The van der Waals surface area contributed by atoms with Gasteiger partial charge in [0.15, 0.2) is 17.5 Å². The lowest BCUT2D eigenvalue weighted by atomic mass is 9.91. The van der Waals surface area contributed by atoms with Crippen LogP contribution < -0.4 is 0 Å². The van der Waals surface area contributed by atoms with Crippen LogP contribution in [0.2, 0.25) is 0 Å². The Morgan fingerprint density at radius 3 is 1.56 bits per heavy atom. The van der Waals surface area contributed by atoms with Crippen LogP contribution in [0.4, 0.5) is 0 Å². The minimum atomic E-state index is 0.629. The maximum absolute atomic E-state index is 9.90. The molecule has 0 N–H and O–H groups in total. The molecule has 5 nitrogen and oxygen atoms in total. The summed E-state index contributed by atoms with van der Waals surface area (Å²) in [6.07, 6.45) is 0. The van der Waals surface area contributed by atoms with E-state index in [0.717, 1.165) is 104 Å². The SMILES string of the molecule is N#Cc1ccccc1-c1ccc2c3ccc(-c4ccc5cc(-c6cccc(-c7nc(-c8ccccc8)nc(-c8ccccc8)n7)c6)ccc5c4)cc3c3oc4ccccc4c3c2c1. The highest BCUT2D eigenvalue weighted by atomic mass is 16.3. The number of fused-ring (bicyclic) bond motifs is 9. The molecule has 0 saturated carbocycles. The summed E-state index contributed by atoms with van der Waals surface area (Å²) < 4.78 is 6.71. The summed E-state index contributed by atoms with van der Waals surface area (Å²) in [5.74, 6) is 1.91. The van der Waals surface area contributed by atoms with E-state index < -0.39 is 0 Å². The highest BCUT2D eigenvalue weighted by molar-refractivity contribution is 6.31. The normalized spacial score (nSPS) is 11.5. The number of hydrogen-bond acceptors (Lipinski definition) is 5. The van der Waals surface area contributed by atoms with Crippen molar-refractivity contribution in [1.29, 1.82) is 5.26 Å². The molecule has 5 heteroatoms. The van der Waals surface area contributed by atoms with Crippen molar-refractivity contribution in [3.8, 4) is 73.6 Å². The Labute approximate surface area is 362 Å². The van der Waals surface area contributed by atoms with Crippen molar-refractivity contribution in [3.05, 3.63) is 212 Å². The average Bonchev–Trinajstić information content (AvgIpc) is 3.76. The van der Waals surface area contributed by atoms with Crippen molar-refractivity contribution in [3.63, 3.8) is 0 Å². The molecule has 10 aromatic carbocycles. The number of nitriles is 1. The smallest absolute Gasteiger partial charge is 0.164 e. The second kappa shape index (κ2) is 14.8. The first-order valence-electron chi connectivity index (χ1n) is 21.0. The summed E-state index contributed by atoms with van der Waals surface area (Å²) in [7, 11) is 0. The van der Waals surface area contributed by atoms with Gasteiger partial charge in [-0.3, -0.25) is 0 Å². The molecule has 0 saturated heterocycles. The molecule has 0 fully saturated rings. The van der Waals surface area contributed by atoms with Crippen molar-refractivity contribution in [2.75, 3.05) is 0 Å². The van der Waals surface area contributed by atoms with Crippen LogP contribution >= 0.6 is 0 Å². The molecule has 63 heavy (non-hydrogen) atoms. The Bertz CT molecular complexity index is 3750. The molecule has 2 aromatic heterocycles. The van der Waals surface area contributed by atoms with E-state index in [1.54, 1.807) is 0 Å². The van der Waals surface area contributed by atoms with Crippen LogP contribution in [-0.4, -0.2) is 15.0 Å². The largest absolute Gasteiger partial charge is 0.455 e. The van der Waals surface area contributed by atoms with E-state index in [9.17, 15) is 5.26 Å².